The van der Waals surface area contributed by atoms with Crippen molar-refractivity contribution in [3.63, 3.8) is 0 Å². The molecule has 0 atom stereocenters. The number of rotatable bonds is 6. The lowest BCUT2D eigenvalue weighted by Crippen LogP contribution is -2.18. The lowest BCUT2D eigenvalue weighted by Gasteiger charge is -2.26. The van der Waals surface area contributed by atoms with E-state index in [-0.39, 0.29) is 5.41 Å². The minimum absolute atomic E-state index is 0.134. The van der Waals surface area contributed by atoms with Crippen molar-refractivity contribution in [3.05, 3.63) is 90.4 Å². The highest BCUT2D eigenvalue weighted by Crippen LogP contribution is 2.34. The van der Waals surface area contributed by atoms with Crippen molar-refractivity contribution in [2.75, 3.05) is 7.11 Å². The molecule has 2 aromatic carbocycles. The molecule has 29 heavy (non-hydrogen) atoms. The largest absolute Gasteiger partial charge is 0.497 e. The Labute approximate surface area is 169 Å². The van der Waals surface area contributed by atoms with E-state index in [1.165, 1.54) is 15.9 Å². The van der Waals surface area contributed by atoms with Crippen LogP contribution in [-0.4, -0.2) is 27.1 Å². The highest BCUT2D eigenvalue weighted by atomic mass is 16.5. The molecular formula is C23H22N4O2. The number of nitrogens with zero attached hydrogens (tertiary/aromatic N) is 4. The Morgan fingerprint density at radius 1 is 0.724 bits per heavy atom. The second-order valence-corrected chi connectivity index (χ2v) is 7.15. The number of benzene rings is 2. The van der Waals surface area contributed by atoms with Gasteiger partial charge in [0.1, 0.15) is 17.2 Å². The van der Waals surface area contributed by atoms with Crippen molar-refractivity contribution >= 4 is 0 Å². The van der Waals surface area contributed by atoms with E-state index in [9.17, 15) is 0 Å². The van der Waals surface area contributed by atoms with E-state index >= 15 is 0 Å². The second kappa shape index (κ2) is 7.75. The zero-order valence-corrected chi connectivity index (χ0v) is 16.6. The van der Waals surface area contributed by atoms with Crippen LogP contribution in [0.4, 0.5) is 0 Å². The molecule has 0 aliphatic carbocycles. The molecule has 0 N–H and O–H groups in total. The zero-order chi connectivity index (χ0) is 20.3. The van der Waals surface area contributed by atoms with Crippen molar-refractivity contribution in [1.29, 1.82) is 0 Å². The lowest BCUT2D eigenvalue weighted by molar-refractivity contribution is 0.414. The minimum Gasteiger partial charge on any atom is -0.497 e. The van der Waals surface area contributed by atoms with Gasteiger partial charge in [-0.3, -0.25) is 0 Å². The van der Waals surface area contributed by atoms with Crippen LogP contribution in [0.3, 0.4) is 0 Å². The van der Waals surface area contributed by atoms with E-state index in [0.29, 0.717) is 11.6 Å². The van der Waals surface area contributed by atoms with Crippen molar-refractivity contribution < 1.29 is 9.47 Å². The lowest BCUT2D eigenvalue weighted by atomic mass is 9.78. The SMILES string of the molecule is COc1ccc(C(C)(C)c2ccc(Oc3ccc(-n4nccn4)nc3)cc2)cc1. The van der Waals surface area contributed by atoms with Gasteiger partial charge >= 0.3 is 0 Å². The molecule has 4 aromatic rings. The normalized spacial score (nSPS) is 11.3. The predicted molar refractivity (Wildman–Crippen MR) is 111 cm³/mol. The summed E-state index contributed by atoms with van der Waals surface area (Å²) in [7, 11) is 1.68. The maximum Gasteiger partial charge on any atom is 0.174 e. The fourth-order valence-electron chi connectivity index (χ4n) is 3.14. The molecule has 0 amide bonds. The van der Waals surface area contributed by atoms with Crippen LogP contribution in [0, 0.1) is 0 Å². The fraction of sp³-hybridized carbons (Fsp3) is 0.174. The molecular weight excluding hydrogens is 364 g/mol. The summed E-state index contributed by atoms with van der Waals surface area (Å²) in [5.41, 5.74) is 2.29. The van der Waals surface area contributed by atoms with Gasteiger partial charge in [-0.1, -0.05) is 38.1 Å². The number of aromatic nitrogens is 4. The maximum absolute atomic E-state index is 5.93. The number of methoxy groups -OCH3 is 1. The Morgan fingerprint density at radius 3 is 1.79 bits per heavy atom. The molecule has 4 rings (SSSR count). The number of hydrogen-bond acceptors (Lipinski definition) is 5. The number of pyridine rings is 1. The Hall–Kier alpha value is -3.67. The summed E-state index contributed by atoms with van der Waals surface area (Å²) in [4.78, 5) is 5.79. The minimum atomic E-state index is -0.134. The molecule has 0 unspecified atom stereocenters. The van der Waals surface area contributed by atoms with Crippen molar-refractivity contribution in [1.82, 2.24) is 20.0 Å². The van der Waals surface area contributed by atoms with Gasteiger partial charge in [0.25, 0.3) is 0 Å². The molecule has 0 saturated carbocycles. The van der Waals surface area contributed by atoms with Gasteiger partial charge in [-0.05, 0) is 47.5 Å². The van der Waals surface area contributed by atoms with Gasteiger partial charge in [0.2, 0.25) is 0 Å². The van der Waals surface area contributed by atoms with E-state index in [1.54, 1.807) is 25.7 Å². The van der Waals surface area contributed by atoms with Gasteiger partial charge in [-0.15, -0.1) is 4.80 Å². The first kappa shape index (κ1) is 18.7. The first-order chi connectivity index (χ1) is 14.1. The highest BCUT2D eigenvalue weighted by molar-refractivity contribution is 5.42. The van der Waals surface area contributed by atoms with E-state index in [4.69, 9.17) is 9.47 Å². The summed E-state index contributed by atoms with van der Waals surface area (Å²) in [6, 6.07) is 20.0. The molecule has 0 aliphatic heterocycles. The second-order valence-electron chi connectivity index (χ2n) is 7.15. The Kier molecular flexibility index (Phi) is 4.99. The van der Waals surface area contributed by atoms with Crippen LogP contribution in [0.25, 0.3) is 5.82 Å². The van der Waals surface area contributed by atoms with Crippen molar-refractivity contribution in [2.45, 2.75) is 19.3 Å². The average molecular weight is 386 g/mol. The summed E-state index contributed by atoms with van der Waals surface area (Å²) in [5, 5.41) is 8.13. The third kappa shape index (κ3) is 3.96. The summed E-state index contributed by atoms with van der Waals surface area (Å²) in [5.74, 6) is 2.91. The standard InChI is InChI=1S/C23H22N4O2/c1-23(2,17-4-8-19(28-3)9-5-17)18-6-10-20(11-7-18)29-21-12-13-22(24-16-21)27-25-14-15-26-27/h4-16H,1-3H3. The van der Waals surface area contributed by atoms with Gasteiger partial charge in [-0.2, -0.15) is 10.2 Å². The van der Waals surface area contributed by atoms with E-state index in [2.05, 4.69) is 53.3 Å². The molecule has 0 bridgehead atoms. The van der Waals surface area contributed by atoms with Gasteiger partial charge in [0.15, 0.2) is 5.82 Å². The maximum atomic E-state index is 5.93. The van der Waals surface area contributed by atoms with Gasteiger partial charge in [-0.25, -0.2) is 4.98 Å². The van der Waals surface area contributed by atoms with Crippen LogP contribution in [0.5, 0.6) is 17.2 Å². The molecule has 0 saturated heterocycles. The summed E-state index contributed by atoms with van der Waals surface area (Å²) < 4.78 is 11.2. The van der Waals surface area contributed by atoms with Crippen molar-refractivity contribution in [3.8, 4) is 23.1 Å². The number of hydrogen-bond donors (Lipinski definition) is 0. The molecule has 2 aromatic heterocycles. The quantitative estimate of drug-likeness (QED) is 0.477. The topological polar surface area (TPSA) is 62.1 Å². The number of ether oxygens (including phenoxy) is 2. The van der Waals surface area contributed by atoms with Crippen LogP contribution in [0.1, 0.15) is 25.0 Å². The van der Waals surface area contributed by atoms with Crippen LogP contribution >= 0.6 is 0 Å². The third-order valence-corrected chi connectivity index (χ3v) is 4.97. The molecule has 6 nitrogen and oxygen atoms in total. The van der Waals surface area contributed by atoms with Crippen LogP contribution in [0.15, 0.2) is 79.3 Å². The summed E-state index contributed by atoms with van der Waals surface area (Å²) in [6.07, 6.45) is 4.88. The first-order valence-electron chi connectivity index (χ1n) is 9.32. The molecule has 0 radical (unpaired) electrons. The zero-order valence-electron chi connectivity index (χ0n) is 16.6. The highest BCUT2D eigenvalue weighted by Gasteiger charge is 2.23. The molecule has 0 aliphatic rings. The smallest absolute Gasteiger partial charge is 0.174 e. The van der Waals surface area contributed by atoms with Gasteiger partial charge in [0.05, 0.1) is 25.7 Å². The fourth-order valence-corrected chi connectivity index (χ4v) is 3.14. The third-order valence-electron chi connectivity index (χ3n) is 4.97. The average Bonchev–Trinajstić information content (AvgIpc) is 3.30. The van der Waals surface area contributed by atoms with Gasteiger partial charge in [0, 0.05) is 5.41 Å². The molecule has 2 heterocycles. The summed E-state index contributed by atoms with van der Waals surface area (Å²) >= 11 is 0. The van der Waals surface area contributed by atoms with Crippen LogP contribution in [-0.2, 0) is 5.41 Å². The Morgan fingerprint density at radius 2 is 1.28 bits per heavy atom. The predicted octanol–water partition coefficient (Wildman–Crippen LogP) is 4.79. The van der Waals surface area contributed by atoms with Crippen LogP contribution < -0.4 is 9.47 Å². The van der Waals surface area contributed by atoms with Crippen LogP contribution in [0.2, 0.25) is 0 Å². The molecule has 146 valence electrons. The molecule has 0 spiro atoms. The molecule has 6 heteroatoms. The molecule has 0 fully saturated rings. The Balaban J connectivity index is 1.48. The first-order valence-corrected chi connectivity index (χ1v) is 9.32. The van der Waals surface area contributed by atoms with E-state index in [1.807, 2.05) is 36.4 Å². The monoisotopic (exact) mass is 386 g/mol. The summed E-state index contributed by atoms with van der Waals surface area (Å²) in [6.45, 7) is 4.41. The van der Waals surface area contributed by atoms with E-state index in [0.717, 1.165) is 11.5 Å². The Bertz CT molecular complexity index is 1060. The van der Waals surface area contributed by atoms with Gasteiger partial charge < -0.3 is 9.47 Å². The van der Waals surface area contributed by atoms with Crippen molar-refractivity contribution in [2.24, 2.45) is 0 Å². The van der Waals surface area contributed by atoms with E-state index < -0.39 is 0 Å².